The van der Waals surface area contributed by atoms with E-state index in [9.17, 15) is 17.9 Å². The molecule has 0 unspecified atom stereocenters. The quantitative estimate of drug-likeness (QED) is 0.854. The van der Waals surface area contributed by atoms with Gasteiger partial charge in [-0.25, -0.2) is 12.8 Å². The van der Waals surface area contributed by atoms with Crippen LogP contribution in [-0.2, 0) is 10.0 Å². The third-order valence-electron chi connectivity index (χ3n) is 2.63. The molecule has 0 aliphatic rings. The van der Waals surface area contributed by atoms with Crippen LogP contribution in [0.1, 0.15) is 5.56 Å². The first kappa shape index (κ1) is 14.6. The summed E-state index contributed by atoms with van der Waals surface area (Å²) < 4.78 is 39.7. The summed E-state index contributed by atoms with van der Waals surface area (Å²) in [5, 5.41) is 9.31. The number of rotatable bonds is 3. The van der Waals surface area contributed by atoms with Gasteiger partial charge in [-0.1, -0.05) is 11.6 Å². The highest BCUT2D eigenvalue weighted by atomic mass is 35.5. The van der Waals surface area contributed by atoms with Gasteiger partial charge < -0.3 is 5.11 Å². The molecule has 106 valence electrons. The minimum Gasteiger partial charge on any atom is -0.506 e. The predicted molar refractivity (Wildman–Crippen MR) is 75.1 cm³/mol. The van der Waals surface area contributed by atoms with Crippen LogP contribution in [0.2, 0.25) is 5.02 Å². The van der Waals surface area contributed by atoms with E-state index in [4.69, 9.17) is 11.6 Å². The molecule has 0 fully saturated rings. The summed E-state index contributed by atoms with van der Waals surface area (Å²) in [6, 6.07) is 7.33. The first-order chi connectivity index (χ1) is 9.29. The molecule has 2 N–H and O–H groups in total. The molecule has 0 spiro atoms. The Bertz CT molecular complexity index is 762. The Morgan fingerprint density at radius 2 is 1.90 bits per heavy atom. The number of anilines is 1. The molecule has 0 heterocycles. The Balaban J connectivity index is 2.38. The van der Waals surface area contributed by atoms with E-state index in [1.165, 1.54) is 31.2 Å². The number of aromatic hydroxyl groups is 1. The summed E-state index contributed by atoms with van der Waals surface area (Å²) in [4.78, 5) is -0.0249. The van der Waals surface area contributed by atoms with E-state index < -0.39 is 15.8 Å². The van der Waals surface area contributed by atoms with Gasteiger partial charge in [0.25, 0.3) is 10.0 Å². The molecule has 0 saturated carbocycles. The van der Waals surface area contributed by atoms with Crippen LogP contribution in [0, 0.1) is 12.7 Å². The number of hydrogen-bond acceptors (Lipinski definition) is 3. The molecule has 2 aromatic rings. The predicted octanol–water partition coefficient (Wildman–Crippen LogP) is 3.29. The van der Waals surface area contributed by atoms with Gasteiger partial charge in [-0.05, 0) is 48.9 Å². The molecule has 0 bridgehead atoms. The summed E-state index contributed by atoms with van der Waals surface area (Å²) in [5.74, 6) is -0.651. The van der Waals surface area contributed by atoms with Gasteiger partial charge in [-0.2, -0.15) is 0 Å². The maximum absolute atomic E-state index is 13.0. The molecule has 0 atom stereocenters. The topological polar surface area (TPSA) is 66.4 Å². The Labute approximate surface area is 120 Å². The van der Waals surface area contributed by atoms with E-state index in [1.54, 1.807) is 0 Å². The van der Waals surface area contributed by atoms with Crippen LogP contribution in [0.15, 0.2) is 41.3 Å². The highest BCUT2D eigenvalue weighted by Gasteiger charge is 2.17. The fraction of sp³-hybridized carbons (Fsp3) is 0.0769. The maximum atomic E-state index is 13.0. The zero-order chi connectivity index (χ0) is 14.9. The van der Waals surface area contributed by atoms with Crippen LogP contribution >= 0.6 is 11.6 Å². The molecule has 0 radical (unpaired) electrons. The third kappa shape index (κ3) is 3.02. The van der Waals surface area contributed by atoms with Crippen LogP contribution in [-0.4, -0.2) is 13.5 Å². The van der Waals surface area contributed by atoms with E-state index in [0.29, 0.717) is 5.56 Å². The summed E-state index contributed by atoms with van der Waals surface area (Å²) in [6.07, 6.45) is 0. The van der Waals surface area contributed by atoms with Gasteiger partial charge in [0.15, 0.2) is 0 Å². The van der Waals surface area contributed by atoms with Crippen LogP contribution in [0.3, 0.4) is 0 Å². The molecule has 0 saturated heterocycles. The van der Waals surface area contributed by atoms with E-state index in [-0.39, 0.29) is 21.4 Å². The Kier molecular flexibility index (Phi) is 3.87. The molecule has 7 heteroatoms. The van der Waals surface area contributed by atoms with Crippen LogP contribution in [0.5, 0.6) is 5.75 Å². The molecule has 0 aliphatic carbocycles. The highest BCUT2D eigenvalue weighted by molar-refractivity contribution is 7.92. The number of phenols is 1. The van der Waals surface area contributed by atoms with Gasteiger partial charge in [0.1, 0.15) is 11.6 Å². The van der Waals surface area contributed by atoms with E-state index in [2.05, 4.69) is 4.72 Å². The molecule has 20 heavy (non-hydrogen) atoms. The fourth-order valence-corrected chi connectivity index (χ4v) is 3.15. The van der Waals surface area contributed by atoms with Crippen molar-refractivity contribution in [3.05, 3.63) is 52.8 Å². The van der Waals surface area contributed by atoms with Crippen LogP contribution in [0.25, 0.3) is 0 Å². The summed E-state index contributed by atoms with van der Waals surface area (Å²) in [6.45, 7) is 1.50. The molecule has 0 aromatic heterocycles. The number of aryl methyl sites for hydroxylation is 1. The third-order valence-corrected chi connectivity index (χ3v) is 4.47. The van der Waals surface area contributed by atoms with Crippen molar-refractivity contribution in [2.45, 2.75) is 11.8 Å². The van der Waals surface area contributed by atoms with E-state index in [0.717, 1.165) is 12.1 Å². The number of sulfonamides is 1. The zero-order valence-corrected chi connectivity index (χ0v) is 12.0. The number of benzene rings is 2. The van der Waals surface area contributed by atoms with Gasteiger partial charge in [-0.15, -0.1) is 0 Å². The van der Waals surface area contributed by atoms with Crippen LogP contribution in [0.4, 0.5) is 10.1 Å². The van der Waals surface area contributed by atoms with E-state index in [1.807, 2.05) is 0 Å². The second-order valence-corrected chi connectivity index (χ2v) is 6.24. The largest absolute Gasteiger partial charge is 0.506 e. The summed E-state index contributed by atoms with van der Waals surface area (Å²) >= 11 is 5.71. The normalized spacial score (nSPS) is 11.3. The van der Waals surface area contributed by atoms with Crippen molar-refractivity contribution < 1.29 is 17.9 Å². The lowest BCUT2D eigenvalue weighted by molar-refractivity contribution is 0.475. The van der Waals surface area contributed by atoms with Gasteiger partial charge in [-0.3, -0.25) is 4.72 Å². The fourth-order valence-electron chi connectivity index (χ4n) is 1.69. The van der Waals surface area contributed by atoms with E-state index >= 15 is 0 Å². The number of hydrogen-bond donors (Lipinski definition) is 2. The van der Waals surface area contributed by atoms with Gasteiger partial charge in [0, 0.05) is 0 Å². The molecule has 4 nitrogen and oxygen atoms in total. The first-order valence-electron chi connectivity index (χ1n) is 5.57. The number of phenolic OH excluding ortho intramolecular Hbond substituents is 1. The Hall–Kier alpha value is -1.79. The van der Waals surface area contributed by atoms with Gasteiger partial charge >= 0.3 is 0 Å². The zero-order valence-electron chi connectivity index (χ0n) is 10.4. The van der Waals surface area contributed by atoms with Crippen molar-refractivity contribution in [1.29, 1.82) is 0 Å². The second kappa shape index (κ2) is 5.30. The smallest absolute Gasteiger partial charge is 0.262 e. The highest BCUT2D eigenvalue weighted by Crippen LogP contribution is 2.28. The molecular formula is C13H11ClFNO3S. The molecule has 0 amide bonds. The maximum Gasteiger partial charge on any atom is 0.262 e. The minimum absolute atomic E-state index is 0.0249. The minimum atomic E-state index is -3.85. The van der Waals surface area contributed by atoms with Crippen molar-refractivity contribution in [3.63, 3.8) is 0 Å². The molecule has 0 aliphatic heterocycles. The average molecular weight is 316 g/mol. The van der Waals surface area contributed by atoms with Crippen molar-refractivity contribution in [1.82, 2.24) is 0 Å². The van der Waals surface area contributed by atoms with Gasteiger partial charge in [0.05, 0.1) is 15.6 Å². The second-order valence-electron chi connectivity index (χ2n) is 4.18. The lowest BCUT2D eigenvalue weighted by Crippen LogP contribution is -2.14. The van der Waals surface area contributed by atoms with Crippen LogP contribution < -0.4 is 4.72 Å². The summed E-state index contributed by atoms with van der Waals surface area (Å²) in [7, 11) is -3.85. The van der Waals surface area contributed by atoms with Crippen molar-refractivity contribution in [2.75, 3.05) is 4.72 Å². The molecule has 2 rings (SSSR count). The molecular weight excluding hydrogens is 305 g/mol. The monoisotopic (exact) mass is 315 g/mol. The molecule has 2 aromatic carbocycles. The van der Waals surface area contributed by atoms with Crippen molar-refractivity contribution in [3.8, 4) is 5.75 Å². The number of nitrogens with one attached hydrogen (secondary N) is 1. The van der Waals surface area contributed by atoms with Gasteiger partial charge in [0.2, 0.25) is 0 Å². The van der Waals surface area contributed by atoms with Crippen molar-refractivity contribution >= 4 is 27.3 Å². The first-order valence-corrected chi connectivity index (χ1v) is 7.43. The number of halogens is 2. The lowest BCUT2D eigenvalue weighted by Gasteiger charge is -2.11. The summed E-state index contributed by atoms with van der Waals surface area (Å²) in [5.41, 5.74) is 0.499. The standard InChI is InChI=1S/C13H11ClFNO3S/c1-8-6-9(15)2-5-13(8)20(18,19)16-10-3-4-12(17)11(14)7-10/h2-7,16-17H,1H3. The average Bonchev–Trinajstić information content (AvgIpc) is 2.33. The Morgan fingerprint density at radius 3 is 2.50 bits per heavy atom. The lowest BCUT2D eigenvalue weighted by atomic mass is 10.2. The SMILES string of the molecule is Cc1cc(F)ccc1S(=O)(=O)Nc1ccc(O)c(Cl)c1. The Morgan fingerprint density at radius 1 is 1.20 bits per heavy atom. The van der Waals surface area contributed by atoms with Crippen molar-refractivity contribution in [2.24, 2.45) is 0 Å².